The number of aromatic nitrogens is 1. The number of nitrogens with zero attached hydrogens (tertiary/aromatic N) is 2. The number of fused-ring (bicyclic) bond motifs is 2. The average Bonchev–Trinajstić information content (AvgIpc) is 3.07. The summed E-state index contributed by atoms with van der Waals surface area (Å²) in [6.07, 6.45) is 0.928. The zero-order chi connectivity index (χ0) is 18.5. The fourth-order valence-electron chi connectivity index (χ4n) is 3.03. The molecule has 0 saturated carbocycles. The van der Waals surface area contributed by atoms with E-state index in [2.05, 4.69) is 4.99 Å². The lowest BCUT2D eigenvalue weighted by Gasteiger charge is -2.06. The Morgan fingerprint density at radius 3 is 2.54 bits per heavy atom. The second-order valence-electron chi connectivity index (χ2n) is 5.90. The van der Waals surface area contributed by atoms with E-state index >= 15 is 0 Å². The number of hydrogen-bond acceptors (Lipinski definition) is 6. The summed E-state index contributed by atoms with van der Waals surface area (Å²) in [5.41, 5.74) is 1.93. The van der Waals surface area contributed by atoms with Crippen LogP contribution >= 0.6 is 0 Å². The summed E-state index contributed by atoms with van der Waals surface area (Å²) in [5, 5.41) is 11.3. The first-order valence-corrected chi connectivity index (χ1v) is 9.56. The van der Waals surface area contributed by atoms with E-state index in [-0.39, 0.29) is 22.9 Å². The van der Waals surface area contributed by atoms with Crippen molar-refractivity contribution >= 4 is 38.2 Å². The Labute approximate surface area is 149 Å². The molecule has 0 spiro atoms. The second kappa shape index (κ2) is 5.79. The molecular formula is C18H14N2O5S. The van der Waals surface area contributed by atoms with E-state index in [9.17, 15) is 18.3 Å². The van der Waals surface area contributed by atoms with Gasteiger partial charge in [0, 0.05) is 10.9 Å². The van der Waals surface area contributed by atoms with Crippen molar-refractivity contribution in [2.75, 3.05) is 6.26 Å². The monoisotopic (exact) mass is 370 g/mol. The van der Waals surface area contributed by atoms with Crippen molar-refractivity contribution in [1.29, 1.82) is 0 Å². The van der Waals surface area contributed by atoms with Crippen molar-refractivity contribution in [2.24, 2.45) is 4.99 Å². The molecule has 0 aliphatic carbocycles. The van der Waals surface area contributed by atoms with Gasteiger partial charge in [-0.25, -0.2) is 9.18 Å². The second-order valence-corrected chi connectivity index (χ2v) is 7.55. The molecule has 8 heteroatoms. The first kappa shape index (κ1) is 16.5. The van der Waals surface area contributed by atoms with Crippen LogP contribution in [-0.4, -0.2) is 35.8 Å². The molecule has 1 aliphatic heterocycles. The first-order valence-electron chi connectivity index (χ1n) is 7.74. The van der Waals surface area contributed by atoms with Crippen LogP contribution in [0, 0.1) is 0 Å². The molecule has 1 aliphatic rings. The highest BCUT2D eigenvalue weighted by Gasteiger charge is 2.31. The number of para-hydroxylation sites is 2. The standard InChI is InChI=1S/C18H14N2O5S/c1-26(23,24)25-10-20-14-9-5-3-7-12(14)15(18(20)22)16-17(21)11-6-2-4-8-13(11)19-16/h2-9,22H,10H2,1H3. The minimum atomic E-state index is -3.70. The Hall–Kier alpha value is -2.97. The highest BCUT2D eigenvalue weighted by molar-refractivity contribution is 7.85. The third-order valence-electron chi connectivity index (χ3n) is 4.17. The van der Waals surface area contributed by atoms with Gasteiger partial charge >= 0.3 is 0 Å². The van der Waals surface area contributed by atoms with Gasteiger partial charge in [0.25, 0.3) is 10.1 Å². The van der Waals surface area contributed by atoms with Crippen LogP contribution in [0.15, 0.2) is 53.5 Å². The highest BCUT2D eigenvalue weighted by Crippen LogP contribution is 2.37. The molecule has 132 valence electrons. The highest BCUT2D eigenvalue weighted by atomic mass is 32.2. The Kier molecular flexibility index (Phi) is 3.67. The van der Waals surface area contributed by atoms with Crippen molar-refractivity contribution in [3.8, 4) is 5.88 Å². The third-order valence-corrected chi connectivity index (χ3v) is 4.71. The zero-order valence-electron chi connectivity index (χ0n) is 13.7. The Balaban J connectivity index is 1.90. The molecular weight excluding hydrogens is 356 g/mol. The van der Waals surface area contributed by atoms with Crippen LogP contribution in [0.4, 0.5) is 5.69 Å². The SMILES string of the molecule is CS(=O)(=O)OCn1c(O)c(C2=Nc3ccccc3C2=O)c2ccccc21. The van der Waals surface area contributed by atoms with Crippen LogP contribution in [0.5, 0.6) is 5.88 Å². The topological polar surface area (TPSA) is 98.0 Å². The van der Waals surface area contributed by atoms with Gasteiger partial charge in [0.1, 0.15) is 12.4 Å². The first-order chi connectivity index (χ1) is 12.4. The van der Waals surface area contributed by atoms with E-state index in [1.54, 1.807) is 48.5 Å². The maximum absolute atomic E-state index is 12.7. The molecule has 0 bridgehead atoms. The predicted octanol–water partition coefficient (Wildman–Crippen LogP) is 2.60. The maximum Gasteiger partial charge on any atom is 0.266 e. The number of Topliss-reactive ketones (excluding diaryl/α,β-unsaturated/α-hetero) is 1. The molecule has 2 aromatic carbocycles. The summed E-state index contributed by atoms with van der Waals surface area (Å²) >= 11 is 0. The van der Waals surface area contributed by atoms with Gasteiger partial charge in [-0.15, -0.1) is 0 Å². The van der Waals surface area contributed by atoms with Gasteiger partial charge in [-0.3, -0.25) is 9.36 Å². The quantitative estimate of drug-likeness (QED) is 0.712. The van der Waals surface area contributed by atoms with Crippen molar-refractivity contribution in [3.63, 3.8) is 0 Å². The number of carbonyl (C=O) groups is 1. The molecule has 26 heavy (non-hydrogen) atoms. The summed E-state index contributed by atoms with van der Waals surface area (Å²) < 4.78 is 28.8. The van der Waals surface area contributed by atoms with Crippen molar-refractivity contribution in [3.05, 3.63) is 59.7 Å². The van der Waals surface area contributed by atoms with Gasteiger partial charge in [-0.2, -0.15) is 8.42 Å². The number of rotatable bonds is 4. The summed E-state index contributed by atoms with van der Waals surface area (Å²) in [4.78, 5) is 17.1. The van der Waals surface area contributed by atoms with Crippen LogP contribution in [0.1, 0.15) is 15.9 Å². The van der Waals surface area contributed by atoms with Crippen LogP contribution in [-0.2, 0) is 21.0 Å². The lowest BCUT2D eigenvalue weighted by atomic mass is 10.0. The molecule has 2 heterocycles. The average molecular weight is 370 g/mol. The van der Waals surface area contributed by atoms with Crippen LogP contribution < -0.4 is 0 Å². The van der Waals surface area contributed by atoms with Crippen molar-refractivity contribution in [1.82, 2.24) is 4.57 Å². The molecule has 0 fully saturated rings. The number of carbonyl (C=O) groups excluding carboxylic acids is 1. The smallest absolute Gasteiger partial charge is 0.266 e. The summed E-state index contributed by atoms with van der Waals surface area (Å²) in [6.45, 7) is -0.403. The fourth-order valence-corrected chi connectivity index (χ4v) is 3.33. The fraction of sp³-hybridized carbons (Fsp3) is 0.111. The lowest BCUT2D eigenvalue weighted by Crippen LogP contribution is -2.12. The number of aromatic hydroxyl groups is 1. The normalized spacial score (nSPS) is 13.9. The van der Waals surface area contributed by atoms with E-state index < -0.39 is 16.8 Å². The van der Waals surface area contributed by atoms with Crippen LogP contribution in [0.2, 0.25) is 0 Å². The predicted molar refractivity (Wildman–Crippen MR) is 96.5 cm³/mol. The summed E-state index contributed by atoms with van der Waals surface area (Å²) in [6, 6.07) is 13.9. The van der Waals surface area contributed by atoms with Crippen LogP contribution in [0.3, 0.4) is 0 Å². The van der Waals surface area contributed by atoms with Crippen molar-refractivity contribution in [2.45, 2.75) is 6.73 Å². The molecule has 7 nitrogen and oxygen atoms in total. The largest absolute Gasteiger partial charge is 0.494 e. The summed E-state index contributed by atoms with van der Waals surface area (Å²) in [7, 11) is -3.70. The number of benzene rings is 2. The molecule has 0 amide bonds. The van der Waals surface area contributed by atoms with E-state index in [0.717, 1.165) is 6.26 Å². The van der Waals surface area contributed by atoms with Crippen molar-refractivity contribution < 1.29 is 22.5 Å². The van der Waals surface area contributed by atoms with Gasteiger partial charge in [-0.05, 0) is 18.2 Å². The zero-order valence-corrected chi connectivity index (χ0v) is 14.5. The number of hydrogen-bond donors (Lipinski definition) is 1. The van der Waals surface area contributed by atoms with E-state index in [0.29, 0.717) is 22.2 Å². The Morgan fingerprint density at radius 1 is 1.12 bits per heavy atom. The molecule has 3 aromatic rings. The number of ketones is 1. The van der Waals surface area contributed by atoms with E-state index in [1.807, 2.05) is 0 Å². The maximum atomic E-state index is 12.7. The Morgan fingerprint density at radius 2 is 1.81 bits per heavy atom. The molecule has 4 rings (SSSR count). The molecule has 0 unspecified atom stereocenters. The van der Waals surface area contributed by atoms with Gasteiger partial charge in [0.2, 0.25) is 11.7 Å². The Bertz CT molecular complexity index is 1190. The van der Waals surface area contributed by atoms with E-state index in [1.165, 1.54) is 4.57 Å². The minimum absolute atomic E-state index is 0.123. The van der Waals surface area contributed by atoms with Gasteiger partial charge < -0.3 is 5.11 Å². The third kappa shape index (κ3) is 2.59. The molecule has 1 aromatic heterocycles. The number of aliphatic imine (C=N–C) groups is 1. The minimum Gasteiger partial charge on any atom is -0.494 e. The van der Waals surface area contributed by atoms with Gasteiger partial charge in [-0.1, -0.05) is 30.3 Å². The molecule has 0 saturated heterocycles. The van der Waals surface area contributed by atoms with E-state index in [4.69, 9.17) is 4.18 Å². The van der Waals surface area contributed by atoms with Gasteiger partial charge in [0.05, 0.1) is 23.0 Å². The van der Waals surface area contributed by atoms with Crippen LogP contribution in [0.25, 0.3) is 10.9 Å². The summed E-state index contributed by atoms with van der Waals surface area (Å²) in [5.74, 6) is -0.558. The van der Waals surface area contributed by atoms with Gasteiger partial charge in [0.15, 0.2) is 0 Å². The molecule has 0 atom stereocenters. The molecule has 1 N–H and O–H groups in total. The molecule has 0 radical (unpaired) electrons. The lowest BCUT2D eigenvalue weighted by molar-refractivity contribution is 0.106.